The Bertz CT molecular complexity index is 1460. The van der Waals surface area contributed by atoms with Gasteiger partial charge in [-0.3, -0.25) is 4.98 Å². The molecule has 0 saturated carbocycles. The molecule has 1 aliphatic heterocycles. The minimum absolute atomic E-state index is 0.0505. The highest BCUT2D eigenvalue weighted by Gasteiger charge is 2.31. The fourth-order valence-electron chi connectivity index (χ4n) is 4.79. The highest BCUT2D eigenvalue weighted by Crippen LogP contribution is 2.38. The Morgan fingerprint density at radius 3 is 2.46 bits per heavy atom. The number of nitrogens with zero attached hydrogens (tertiary/aromatic N) is 5. The SMILES string of the molecule is Cc1nc(N[C@H](C)c2cc(N)cc(C(F)(F)F)c2)c2cc(-c3ccncc3C)c(N3CCCC3)nc2n1. The lowest BCUT2D eigenvalue weighted by molar-refractivity contribution is -0.137. The Balaban J connectivity index is 1.63. The van der Waals surface area contributed by atoms with Gasteiger partial charge in [-0.05, 0) is 80.6 Å². The van der Waals surface area contributed by atoms with E-state index in [9.17, 15) is 13.2 Å². The van der Waals surface area contributed by atoms with Crippen LogP contribution in [0.1, 0.15) is 48.3 Å². The van der Waals surface area contributed by atoms with Crippen LogP contribution >= 0.6 is 0 Å². The standard InChI is InChI=1S/C27H28F3N7/c1-15-14-32-7-6-21(15)22-13-23-24(33-16(2)18-10-19(27(28,29)30)12-20(31)11-18)34-17(3)35-25(23)36-26(22)37-8-4-5-9-37/h6-7,10-14,16H,4-5,8-9,31H2,1-3H3,(H,33,34,35,36)/t16-/m1/s1. The summed E-state index contributed by atoms with van der Waals surface area (Å²) in [5.41, 5.74) is 8.98. The normalized spacial score (nSPS) is 14.8. The summed E-state index contributed by atoms with van der Waals surface area (Å²) in [6.45, 7) is 7.39. The second kappa shape index (κ2) is 9.49. The van der Waals surface area contributed by atoms with E-state index in [1.165, 1.54) is 0 Å². The number of alkyl halides is 3. The molecule has 0 aliphatic carbocycles. The van der Waals surface area contributed by atoms with Crippen LogP contribution in [0.5, 0.6) is 0 Å². The maximum Gasteiger partial charge on any atom is 0.416 e. The smallest absolute Gasteiger partial charge is 0.399 e. The topological polar surface area (TPSA) is 92.8 Å². The molecular weight excluding hydrogens is 479 g/mol. The number of nitrogens with two attached hydrogens (primary N) is 1. The van der Waals surface area contributed by atoms with Crippen molar-refractivity contribution in [1.29, 1.82) is 0 Å². The number of hydrogen-bond acceptors (Lipinski definition) is 7. The van der Waals surface area contributed by atoms with Crippen LogP contribution < -0.4 is 16.0 Å². The third kappa shape index (κ3) is 5.00. The maximum absolute atomic E-state index is 13.4. The van der Waals surface area contributed by atoms with Crippen LogP contribution in [0.25, 0.3) is 22.2 Å². The van der Waals surface area contributed by atoms with Crippen LogP contribution in [0.15, 0.2) is 42.7 Å². The van der Waals surface area contributed by atoms with Gasteiger partial charge in [0.05, 0.1) is 17.0 Å². The first kappa shape index (κ1) is 24.7. The second-order valence-corrected chi connectivity index (χ2v) is 9.49. The summed E-state index contributed by atoms with van der Waals surface area (Å²) in [5, 5.41) is 3.98. The molecule has 0 amide bonds. The molecule has 1 aromatic carbocycles. The van der Waals surface area contributed by atoms with Gasteiger partial charge in [0.15, 0.2) is 5.65 Å². The Labute approximate surface area is 213 Å². The van der Waals surface area contributed by atoms with E-state index in [0.717, 1.165) is 60.6 Å². The first-order valence-electron chi connectivity index (χ1n) is 12.2. The first-order chi connectivity index (χ1) is 17.6. The highest BCUT2D eigenvalue weighted by molar-refractivity contribution is 5.94. The predicted molar refractivity (Wildman–Crippen MR) is 139 cm³/mol. The van der Waals surface area contributed by atoms with E-state index in [1.807, 2.05) is 25.3 Å². The summed E-state index contributed by atoms with van der Waals surface area (Å²) in [6, 6.07) is 7.07. The summed E-state index contributed by atoms with van der Waals surface area (Å²) >= 11 is 0. The zero-order valence-corrected chi connectivity index (χ0v) is 20.9. The molecule has 3 aromatic heterocycles. The maximum atomic E-state index is 13.4. The number of anilines is 3. The quantitative estimate of drug-likeness (QED) is 0.316. The van der Waals surface area contributed by atoms with Crippen molar-refractivity contribution in [3.63, 3.8) is 0 Å². The number of hydrogen-bond donors (Lipinski definition) is 2. The minimum atomic E-state index is -4.49. The summed E-state index contributed by atoms with van der Waals surface area (Å²) in [5.74, 6) is 1.87. The van der Waals surface area contributed by atoms with Crippen molar-refractivity contribution in [2.45, 2.75) is 45.8 Å². The van der Waals surface area contributed by atoms with Crippen molar-refractivity contribution in [1.82, 2.24) is 19.9 Å². The molecule has 3 N–H and O–H groups in total. The average Bonchev–Trinajstić information content (AvgIpc) is 3.37. The zero-order valence-electron chi connectivity index (χ0n) is 20.9. The molecule has 0 bridgehead atoms. The van der Waals surface area contributed by atoms with Gasteiger partial charge in [0.1, 0.15) is 17.5 Å². The first-order valence-corrected chi connectivity index (χ1v) is 12.2. The molecule has 7 nitrogen and oxygen atoms in total. The van der Waals surface area contributed by atoms with E-state index < -0.39 is 17.8 Å². The molecule has 1 saturated heterocycles. The lowest BCUT2D eigenvalue weighted by Crippen LogP contribution is -2.20. The zero-order chi connectivity index (χ0) is 26.3. The molecule has 192 valence electrons. The molecule has 4 aromatic rings. The Kier molecular flexibility index (Phi) is 6.35. The van der Waals surface area contributed by atoms with E-state index in [-0.39, 0.29) is 5.69 Å². The van der Waals surface area contributed by atoms with E-state index >= 15 is 0 Å². The lowest BCUT2D eigenvalue weighted by Gasteiger charge is -2.23. The molecule has 0 radical (unpaired) electrons. The summed E-state index contributed by atoms with van der Waals surface area (Å²) in [7, 11) is 0. The van der Waals surface area contributed by atoms with Crippen molar-refractivity contribution in [3.05, 3.63) is 65.2 Å². The molecule has 10 heteroatoms. The van der Waals surface area contributed by atoms with E-state index in [1.54, 1.807) is 26.1 Å². The average molecular weight is 508 g/mol. The van der Waals surface area contributed by atoms with Crippen LogP contribution in [0.4, 0.5) is 30.5 Å². The molecule has 0 unspecified atom stereocenters. The molecule has 1 aliphatic rings. The number of benzene rings is 1. The van der Waals surface area contributed by atoms with Gasteiger partial charge < -0.3 is 16.0 Å². The Morgan fingerprint density at radius 2 is 1.76 bits per heavy atom. The number of nitrogen functional groups attached to an aromatic ring is 1. The number of rotatable bonds is 5. The van der Waals surface area contributed by atoms with E-state index in [2.05, 4.69) is 25.2 Å². The number of aryl methyl sites for hydroxylation is 2. The molecule has 1 atom stereocenters. The van der Waals surface area contributed by atoms with Crippen molar-refractivity contribution >= 4 is 28.4 Å². The minimum Gasteiger partial charge on any atom is -0.399 e. The summed E-state index contributed by atoms with van der Waals surface area (Å²) < 4.78 is 40.2. The number of pyridine rings is 2. The largest absolute Gasteiger partial charge is 0.416 e. The summed E-state index contributed by atoms with van der Waals surface area (Å²) in [4.78, 5) is 20.7. The van der Waals surface area contributed by atoms with Crippen molar-refractivity contribution < 1.29 is 13.2 Å². The lowest BCUT2D eigenvalue weighted by atomic mass is 10.0. The van der Waals surface area contributed by atoms with Crippen LogP contribution in [0, 0.1) is 13.8 Å². The van der Waals surface area contributed by atoms with Crippen molar-refractivity contribution in [2.24, 2.45) is 0 Å². The van der Waals surface area contributed by atoms with Gasteiger partial charge in [0.25, 0.3) is 0 Å². The third-order valence-electron chi connectivity index (χ3n) is 6.65. The van der Waals surface area contributed by atoms with Crippen LogP contribution in [0.3, 0.4) is 0 Å². The van der Waals surface area contributed by atoms with Gasteiger partial charge in [-0.2, -0.15) is 13.2 Å². The number of halogens is 3. The van der Waals surface area contributed by atoms with Crippen LogP contribution in [-0.4, -0.2) is 33.0 Å². The molecule has 1 fully saturated rings. The van der Waals surface area contributed by atoms with Crippen molar-refractivity contribution in [2.75, 3.05) is 29.0 Å². The number of fused-ring (bicyclic) bond motifs is 1. The van der Waals surface area contributed by atoms with Gasteiger partial charge in [-0.25, -0.2) is 15.0 Å². The number of nitrogens with one attached hydrogen (secondary N) is 1. The third-order valence-corrected chi connectivity index (χ3v) is 6.65. The van der Waals surface area contributed by atoms with Gasteiger partial charge in [0.2, 0.25) is 0 Å². The Hall–Kier alpha value is -3.95. The fraction of sp³-hybridized carbons (Fsp3) is 0.333. The fourth-order valence-corrected chi connectivity index (χ4v) is 4.79. The van der Waals surface area contributed by atoms with Crippen LogP contribution in [0.2, 0.25) is 0 Å². The molecule has 0 spiro atoms. The highest BCUT2D eigenvalue weighted by atomic mass is 19.4. The van der Waals surface area contributed by atoms with E-state index in [0.29, 0.717) is 28.2 Å². The van der Waals surface area contributed by atoms with Gasteiger partial charge in [-0.15, -0.1) is 0 Å². The molecule has 37 heavy (non-hydrogen) atoms. The monoisotopic (exact) mass is 507 g/mol. The molecule has 4 heterocycles. The van der Waals surface area contributed by atoms with Gasteiger partial charge in [0, 0.05) is 36.7 Å². The van der Waals surface area contributed by atoms with Crippen LogP contribution in [-0.2, 0) is 6.18 Å². The Morgan fingerprint density at radius 1 is 1.00 bits per heavy atom. The second-order valence-electron chi connectivity index (χ2n) is 9.49. The predicted octanol–water partition coefficient (Wildman–Crippen LogP) is 6.08. The van der Waals surface area contributed by atoms with E-state index in [4.69, 9.17) is 10.7 Å². The van der Waals surface area contributed by atoms with Crippen molar-refractivity contribution in [3.8, 4) is 11.1 Å². The number of aromatic nitrogens is 4. The van der Waals surface area contributed by atoms with Gasteiger partial charge in [-0.1, -0.05) is 0 Å². The summed E-state index contributed by atoms with van der Waals surface area (Å²) in [6.07, 6.45) is 1.28. The molecule has 5 rings (SSSR count). The molecular formula is C27H28F3N7. The van der Waals surface area contributed by atoms with Gasteiger partial charge >= 0.3 is 6.18 Å².